The minimum Gasteiger partial charge on any atom is -0.355 e. The zero-order valence-electron chi connectivity index (χ0n) is 14.4. The summed E-state index contributed by atoms with van der Waals surface area (Å²) in [6, 6.07) is 0. The minimum absolute atomic E-state index is 0. The van der Waals surface area contributed by atoms with Crippen LogP contribution in [0.1, 0.15) is 34.6 Å². The molecule has 0 aromatic heterocycles. The number of aliphatic imine (C=N–C) groups is 1. The SMILES string of the molecule is CN=C(NCCNC(C)(C)C)N1CCSC(C(C)C)C1.I. The number of nitrogens with one attached hydrogen (secondary N) is 2. The van der Waals surface area contributed by atoms with Gasteiger partial charge in [-0.25, -0.2) is 0 Å². The van der Waals surface area contributed by atoms with Crippen LogP contribution in [0.15, 0.2) is 4.99 Å². The van der Waals surface area contributed by atoms with Gasteiger partial charge in [-0.2, -0.15) is 11.8 Å². The molecule has 2 N–H and O–H groups in total. The molecule has 126 valence electrons. The first-order valence-corrected chi connectivity index (χ1v) is 8.70. The lowest BCUT2D eigenvalue weighted by Crippen LogP contribution is -2.50. The van der Waals surface area contributed by atoms with Crippen LogP contribution in [0.4, 0.5) is 0 Å². The molecule has 0 aromatic rings. The fraction of sp³-hybridized carbons (Fsp3) is 0.933. The van der Waals surface area contributed by atoms with Crippen LogP contribution in [0.5, 0.6) is 0 Å². The summed E-state index contributed by atoms with van der Waals surface area (Å²) in [5.41, 5.74) is 0.176. The molecule has 4 nitrogen and oxygen atoms in total. The standard InChI is InChI=1S/C15H32N4S.HI/c1-12(2)13-11-19(9-10-20-13)14(16-6)17-7-8-18-15(3,4)5;/h12-13,18H,7-11H2,1-6H3,(H,16,17);1H. The highest BCUT2D eigenvalue weighted by molar-refractivity contribution is 14.0. The lowest BCUT2D eigenvalue weighted by Gasteiger charge is -2.36. The predicted molar refractivity (Wildman–Crippen MR) is 107 cm³/mol. The number of guanidine groups is 1. The van der Waals surface area contributed by atoms with Gasteiger partial charge in [-0.05, 0) is 26.7 Å². The highest BCUT2D eigenvalue weighted by atomic mass is 127. The highest BCUT2D eigenvalue weighted by Gasteiger charge is 2.24. The molecule has 1 rings (SSSR count). The first-order chi connectivity index (χ1) is 9.33. The Morgan fingerprint density at radius 1 is 1.33 bits per heavy atom. The molecule has 0 aliphatic carbocycles. The Hall–Kier alpha value is 0.310. The van der Waals surface area contributed by atoms with E-state index >= 15 is 0 Å². The molecule has 1 heterocycles. The van der Waals surface area contributed by atoms with E-state index in [1.807, 2.05) is 7.05 Å². The van der Waals surface area contributed by atoms with E-state index in [0.717, 1.165) is 43.3 Å². The van der Waals surface area contributed by atoms with Gasteiger partial charge in [0.25, 0.3) is 0 Å². The van der Waals surface area contributed by atoms with E-state index in [4.69, 9.17) is 0 Å². The van der Waals surface area contributed by atoms with Gasteiger partial charge in [-0.3, -0.25) is 4.99 Å². The number of nitrogens with zero attached hydrogens (tertiary/aromatic N) is 2. The normalized spacial score (nSPS) is 20.4. The van der Waals surface area contributed by atoms with Gasteiger partial charge in [0.1, 0.15) is 0 Å². The smallest absolute Gasteiger partial charge is 0.193 e. The van der Waals surface area contributed by atoms with Crippen LogP contribution in [0, 0.1) is 5.92 Å². The molecule has 0 aromatic carbocycles. The van der Waals surface area contributed by atoms with Gasteiger partial charge in [0.05, 0.1) is 0 Å². The zero-order chi connectivity index (χ0) is 15.2. The third-order valence-electron chi connectivity index (χ3n) is 3.41. The summed E-state index contributed by atoms with van der Waals surface area (Å²) >= 11 is 2.10. The Labute approximate surface area is 152 Å². The largest absolute Gasteiger partial charge is 0.355 e. The van der Waals surface area contributed by atoms with E-state index < -0.39 is 0 Å². The predicted octanol–water partition coefficient (Wildman–Crippen LogP) is 2.64. The van der Waals surface area contributed by atoms with Crippen LogP contribution in [0.3, 0.4) is 0 Å². The molecule has 1 atom stereocenters. The van der Waals surface area contributed by atoms with Crippen molar-refractivity contribution in [2.75, 3.05) is 39.0 Å². The molecule has 1 aliphatic rings. The van der Waals surface area contributed by atoms with Gasteiger partial charge in [0, 0.05) is 49.8 Å². The van der Waals surface area contributed by atoms with Gasteiger partial charge in [0.15, 0.2) is 5.96 Å². The third-order valence-corrected chi connectivity index (χ3v) is 4.95. The number of rotatable bonds is 4. The van der Waals surface area contributed by atoms with Crippen molar-refractivity contribution in [2.45, 2.75) is 45.4 Å². The van der Waals surface area contributed by atoms with E-state index in [9.17, 15) is 0 Å². The number of hydrogen-bond acceptors (Lipinski definition) is 3. The Bertz CT molecular complexity index is 315. The first kappa shape index (κ1) is 21.3. The van der Waals surface area contributed by atoms with Gasteiger partial charge >= 0.3 is 0 Å². The van der Waals surface area contributed by atoms with Gasteiger partial charge in [0.2, 0.25) is 0 Å². The van der Waals surface area contributed by atoms with E-state index in [-0.39, 0.29) is 29.5 Å². The van der Waals surface area contributed by atoms with Crippen LogP contribution in [-0.4, -0.2) is 60.6 Å². The van der Waals surface area contributed by atoms with E-state index in [1.165, 1.54) is 5.75 Å². The second-order valence-corrected chi connectivity index (χ2v) is 8.10. The van der Waals surface area contributed by atoms with Crippen molar-refractivity contribution in [3.8, 4) is 0 Å². The monoisotopic (exact) mass is 428 g/mol. The lowest BCUT2D eigenvalue weighted by atomic mass is 10.1. The molecule has 21 heavy (non-hydrogen) atoms. The van der Waals surface area contributed by atoms with Crippen molar-refractivity contribution < 1.29 is 0 Å². The highest BCUT2D eigenvalue weighted by Crippen LogP contribution is 2.24. The molecule has 0 saturated carbocycles. The Balaban J connectivity index is 0.00000400. The van der Waals surface area contributed by atoms with Crippen molar-refractivity contribution in [1.29, 1.82) is 0 Å². The van der Waals surface area contributed by atoms with Crippen LogP contribution in [0.25, 0.3) is 0 Å². The molecule has 0 spiro atoms. The van der Waals surface area contributed by atoms with E-state index in [0.29, 0.717) is 0 Å². The van der Waals surface area contributed by atoms with Gasteiger partial charge in [-0.1, -0.05) is 13.8 Å². The fourth-order valence-corrected chi connectivity index (χ4v) is 3.51. The van der Waals surface area contributed by atoms with E-state index in [1.54, 1.807) is 0 Å². The van der Waals surface area contributed by atoms with Crippen molar-refractivity contribution in [3.63, 3.8) is 0 Å². The average molecular weight is 428 g/mol. The zero-order valence-corrected chi connectivity index (χ0v) is 17.5. The van der Waals surface area contributed by atoms with Gasteiger partial charge in [-0.15, -0.1) is 24.0 Å². The maximum Gasteiger partial charge on any atom is 0.193 e. The van der Waals surface area contributed by atoms with Gasteiger partial charge < -0.3 is 15.5 Å². The molecule has 0 radical (unpaired) electrons. The summed E-state index contributed by atoms with van der Waals surface area (Å²) in [5.74, 6) is 2.97. The number of thioether (sulfide) groups is 1. The molecular formula is C15H33IN4S. The third kappa shape index (κ3) is 8.50. The molecule has 1 aliphatic heterocycles. The van der Waals surface area contributed by atoms with Crippen molar-refractivity contribution in [3.05, 3.63) is 0 Å². The van der Waals surface area contributed by atoms with Crippen LogP contribution in [-0.2, 0) is 0 Å². The first-order valence-electron chi connectivity index (χ1n) is 7.65. The van der Waals surface area contributed by atoms with Crippen molar-refractivity contribution >= 4 is 41.7 Å². The molecule has 6 heteroatoms. The molecule has 1 fully saturated rings. The minimum atomic E-state index is 0. The van der Waals surface area contributed by atoms with Crippen LogP contribution < -0.4 is 10.6 Å². The topological polar surface area (TPSA) is 39.7 Å². The van der Waals surface area contributed by atoms with Crippen molar-refractivity contribution in [2.24, 2.45) is 10.9 Å². The average Bonchev–Trinajstić information content (AvgIpc) is 2.37. The maximum absolute atomic E-state index is 4.43. The second kappa shape index (κ2) is 10.2. The maximum atomic E-state index is 4.43. The lowest BCUT2D eigenvalue weighted by molar-refractivity contribution is 0.377. The molecule has 1 unspecified atom stereocenters. The second-order valence-electron chi connectivity index (χ2n) is 6.75. The summed E-state index contributed by atoms with van der Waals surface area (Å²) in [6.07, 6.45) is 0. The Morgan fingerprint density at radius 2 is 2.00 bits per heavy atom. The Kier molecular flexibility index (Phi) is 10.3. The fourth-order valence-electron chi connectivity index (χ4n) is 2.22. The molecule has 1 saturated heterocycles. The Morgan fingerprint density at radius 3 is 2.52 bits per heavy atom. The molecule has 0 bridgehead atoms. The summed E-state index contributed by atoms with van der Waals surface area (Å²) < 4.78 is 0. The van der Waals surface area contributed by atoms with Crippen LogP contribution >= 0.6 is 35.7 Å². The van der Waals surface area contributed by atoms with Crippen molar-refractivity contribution in [1.82, 2.24) is 15.5 Å². The number of halogens is 1. The quantitative estimate of drug-likeness (QED) is 0.313. The summed E-state index contributed by atoms with van der Waals surface area (Å²) in [6.45, 7) is 15.3. The summed E-state index contributed by atoms with van der Waals surface area (Å²) in [4.78, 5) is 6.83. The summed E-state index contributed by atoms with van der Waals surface area (Å²) in [5, 5.41) is 7.68. The molecular weight excluding hydrogens is 395 g/mol. The van der Waals surface area contributed by atoms with Crippen LogP contribution in [0.2, 0.25) is 0 Å². The number of hydrogen-bond donors (Lipinski definition) is 2. The molecule has 0 amide bonds. The summed E-state index contributed by atoms with van der Waals surface area (Å²) in [7, 11) is 1.88. The van der Waals surface area contributed by atoms with E-state index in [2.05, 4.69) is 66.9 Å².